The van der Waals surface area contributed by atoms with Crippen molar-refractivity contribution in [3.8, 4) is 11.8 Å². The molecule has 0 aliphatic carbocycles. The van der Waals surface area contributed by atoms with Crippen molar-refractivity contribution in [1.29, 1.82) is 5.26 Å². The summed E-state index contributed by atoms with van der Waals surface area (Å²) in [4.78, 5) is 25.4. The van der Waals surface area contributed by atoms with Crippen molar-refractivity contribution in [3.05, 3.63) is 53.1 Å². The number of carbonyl (C=O) groups is 2. The number of hydrogen-bond donors (Lipinski definition) is 3. The average molecular weight is 402 g/mol. The first-order valence-corrected chi connectivity index (χ1v) is 9.10. The van der Waals surface area contributed by atoms with E-state index >= 15 is 0 Å². The second kappa shape index (κ2) is 10.3. The standard InChI is InChI=1S/C20H21ClN4O3/c1-3-25(12-19(26)23-16-6-8-17(28-2)9-7-16)13-20(27)24-18-10-15(21)5-4-14(18)11-22/h4-10H,3,12-13H2,1-2H3,(H,23,26)(H,24,27)/p+1. The van der Waals surface area contributed by atoms with Gasteiger partial charge in [-0.15, -0.1) is 0 Å². The summed E-state index contributed by atoms with van der Waals surface area (Å²) in [5.74, 6) is 0.205. The van der Waals surface area contributed by atoms with Crippen LogP contribution in [0, 0.1) is 11.3 Å². The van der Waals surface area contributed by atoms with E-state index in [1.54, 1.807) is 43.5 Å². The van der Waals surface area contributed by atoms with Crippen LogP contribution in [0.5, 0.6) is 5.75 Å². The van der Waals surface area contributed by atoms with Crippen LogP contribution in [-0.4, -0.2) is 38.6 Å². The van der Waals surface area contributed by atoms with Crippen LogP contribution in [0.3, 0.4) is 0 Å². The van der Waals surface area contributed by atoms with Gasteiger partial charge in [0.05, 0.1) is 24.9 Å². The van der Waals surface area contributed by atoms with E-state index in [2.05, 4.69) is 10.6 Å². The number of hydrogen-bond acceptors (Lipinski definition) is 4. The maximum atomic E-state index is 12.3. The Morgan fingerprint density at radius 1 is 1.11 bits per heavy atom. The fourth-order valence-electron chi connectivity index (χ4n) is 2.56. The molecule has 0 aliphatic rings. The predicted molar refractivity (Wildman–Crippen MR) is 108 cm³/mol. The quantitative estimate of drug-likeness (QED) is 0.627. The Morgan fingerprint density at radius 3 is 2.32 bits per heavy atom. The fourth-order valence-corrected chi connectivity index (χ4v) is 2.73. The van der Waals surface area contributed by atoms with Crippen LogP contribution < -0.4 is 20.3 Å². The summed E-state index contributed by atoms with van der Waals surface area (Å²) in [6.07, 6.45) is 0. The Balaban J connectivity index is 1.92. The van der Waals surface area contributed by atoms with E-state index in [9.17, 15) is 9.59 Å². The van der Waals surface area contributed by atoms with Crippen molar-refractivity contribution < 1.29 is 19.2 Å². The van der Waals surface area contributed by atoms with Crippen molar-refractivity contribution in [1.82, 2.24) is 0 Å². The zero-order valence-electron chi connectivity index (χ0n) is 15.7. The van der Waals surface area contributed by atoms with E-state index in [0.29, 0.717) is 34.3 Å². The number of benzene rings is 2. The number of nitrogens with zero attached hydrogens (tertiary/aromatic N) is 1. The number of halogens is 1. The molecule has 0 bridgehead atoms. The number of methoxy groups -OCH3 is 1. The number of amides is 2. The molecule has 8 heteroatoms. The smallest absolute Gasteiger partial charge is 0.279 e. The molecule has 146 valence electrons. The van der Waals surface area contributed by atoms with Crippen molar-refractivity contribution in [2.75, 3.05) is 37.4 Å². The third kappa shape index (κ3) is 6.27. The van der Waals surface area contributed by atoms with E-state index in [1.807, 2.05) is 13.0 Å². The molecule has 2 aromatic rings. The van der Waals surface area contributed by atoms with E-state index in [-0.39, 0.29) is 24.9 Å². The third-order valence-corrected chi connectivity index (χ3v) is 4.31. The van der Waals surface area contributed by atoms with Gasteiger partial charge in [-0.05, 0) is 49.4 Å². The largest absolute Gasteiger partial charge is 0.497 e. The highest BCUT2D eigenvalue weighted by atomic mass is 35.5. The van der Waals surface area contributed by atoms with Crippen LogP contribution in [0.4, 0.5) is 11.4 Å². The molecule has 2 rings (SSSR count). The first kappa shape index (κ1) is 21.2. The number of quaternary nitrogens is 1. The number of ether oxygens (including phenoxy) is 1. The first-order valence-electron chi connectivity index (χ1n) is 8.72. The summed E-state index contributed by atoms with van der Waals surface area (Å²) in [6.45, 7) is 2.70. The molecule has 0 aromatic heterocycles. The minimum absolute atomic E-state index is 0.0872. The molecule has 28 heavy (non-hydrogen) atoms. The lowest BCUT2D eigenvalue weighted by Crippen LogP contribution is -3.13. The Labute approximate surface area is 168 Å². The minimum Gasteiger partial charge on any atom is -0.497 e. The van der Waals surface area contributed by atoms with Crippen molar-refractivity contribution in [2.24, 2.45) is 0 Å². The number of anilines is 2. The molecule has 0 radical (unpaired) electrons. The summed E-state index contributed by atoms with van der Waals surface area (Å²) in [7, 11) is 1.57. The fraction of sp³-hybridized carbons (Fsp3) is 0.250. The lowest BCUT2D eigenvalue weighted by atomic mass is 10.2. The summed E-state index contributed by atoms with van der Waals surface area (Å²) >= 11 is 5.93. The SMILES string of the molecule is CC[NH+](CC(=O)Nc1ccc(OC)cc1)CC(=O)Nc1cc(Cl)ccc1C#N. The molecule has 0 spiro atoms. The first-order chi connectivity index (χ1) is 13.4. The monoisotopic (exact) mass is 401 g/mol. The Kier molecular flexibility index (Phi) is 7.81. The third-order valence-electron chi connectivity index (χ3n) is 4.07. The molecule has 3 N–H and O–H groups in total. The number of carbonyl (C=O) groups excluding carboxylic acids is 2. The summed E-state index contributed by atoms with van der Waals surface area (Å²) in [6, 6.07) is 13.7. The van der Waals surface area contributed by atoms with Crippen molar-refractivity contribution >= 4 is 34.8 Å². The number of rotatable bonds is 8. The second-order valence-corrected chi connectivity index (χ2v) is 6.52. The van der Waals surface area contributed by atoms with Gasteiger partial charge in [-0.3, -0.25) is 9.59 Å². The van der Waals surface area contributed by atoms with Crippen LogP contribution >= 0.6 is 11.6 Å². The summed E-state index contributed by atoms with van der Waals surface area (Å²) in [5, 5.41) is 15.0. The molecule has 0 heterocycles. The van der Waals surface area contributed by atoms with Gasteiger partial charge in [0.1, 0.15) is 11.8 Å². The second-order valence-electron chi connectivity index (χ2n) is 6.08. The summed E-state index contributed by atoms with van der Waals surface area (Å²) in [5.41, 5.74) is 1.34. The molecule has 2 aromatic carbocycles. The van der Waals surface area contributed by atoms with Gasteiger partial charge in [-0.25, -0.2) is 0 Å². The molecule has 2 amide bonds. The maximum Gasteiger partial charge on any atom is 0.279 e. The lowest BCUT2D eigenvalue weighted by Gasteiger charge is -2.17. The Morgan fingerprint density at radius 2 is 1.75 bits per heavy atom. The van der Waals surface area contributed by atoms with Crippen molar-refractivity contribution in [3.63, 3.8) is 0 Å². The van der Waals surface area contributed by atoms with Gasteiger partial charge in [0.2, 0.25) is 0 Å². The van der Waals surface area contributed by atoms with Crippen molar-refractivity contribution in [2.45, 2.75) is 6.92 Å². The van der Waals surface area contributed by atoms with Crippen LogP contribution in [0.2, 0.25) is 5.02 Å². The predicted octanol–water partition coefficient (Wildman–Crippen LogP) is 1.70. The van der Waals surface area contributed by atoms with E-state index in [4.69, 9.17) is 21.6 Å². The van der Waals surface area contributed by atoms with Gasteiger partial charge in [-0.2, -0.15) is 5.26 Å². The van der Waals surface area contributed by atoms with Crippen LogP contribution in [0.25, 0.3) is 0 Å². The molecular weight excluding hydrogens is 380 g/mol. The number of likely N-dealkylation sites (N-methyl/N-ethyl adjacent to an activating group) is 1. The van der Waals surface area contributed by atoms with Gasteiger partial charge in [0.15, 0.2) is 13.1 Å². The topological polar surface area (TPSA) is 95.7 Å². The highest BCUT2D eigenvalue weighted by Gasteiger charge is 2.18. The summed E-state index contributed by atoms with van der Waals surface area (Å²) < 4.78 is 5.08. The molecule has 1 unspecified atom stereocenters. The lowest BCUT2D eigenvalue weighted by molar-refractivity contribution is -0.881. The number of nitrogens with one attached hydrogen (secondary N) is 3. The minimum atomic E-state index is -0.298. The zero-order valence-corrected chi connectivity index (χ0v) is 16.5. The van der Waals surface area contributed by atoms with E-state index in [0.717, 1.165) is 4.90 Å². The molecular formula is C20H22ClN4O3+. The molecule has 0 saturated heterocycles. The van der Waals surface area contributed by atoms with Gasteiger partial charge in [-0.1, -0.05) is 11.6 Å². The van der Waals surface area contributed by atoms with Gasteiger partial charge >= 0.3 is 0 Å². The Hall–Kier alpha value is -3.08. The maximum absolute atomic E-state index is 12.3. The normalized spacial score (nSPS) is 11.2. The van der Waals surface area contributed by atoms with Gasteiger partial charge in [0, 0.05) is 10.7 Å². The average Bonchev–Trinajstić information content (AvgIpc) is 2.68. The van der Waals surface area contributed by atoms with Crippen LogP contribution in [0.15, 0.2) is 42.5 Å². The van der Waals surface area contributed by atoms with E-state index < -0.39 is 0 Å². The molecule has 7 nitrogen and oxygen atoms in total. The van der Waals surface area contributed by atoms with Gasteiger partial charge in [0.25, 0.3) is 11.8 Å². The highest BCUT2D eigenvalue weighted by Crippen LogP contribution is 2.20. The molecule has 0 saturated carbocycles. The van der Waals surface area contributed by atoms with Crippen LogP contribution in [-0.2, 0) is 9.59 Å². The molecule has 0 fully saturated rings. The molecule has 0 aliphatic heterocycles. The zero-order chi connectivity index (χ0) is 20.5. The van der Waals surface area contributed by atoms with Crippen LogP contribution in [0.1, 0.15) is 12.5 Å². The number of nitriles is 1. The molecule has 1 atom stereocenters. The van der Waals surface area contributed by atoms with E-state index in [1.165, 1.54) is 6.07 Å². The van der Waals surface area contributed by atoms with Gasteiger partial charge < -0.3 is 20.3 Å². The Bertz CT molecular complexity index is 878. The highest BCUT2D eigenvalue weighted by molar-refractivity contribution is 6.31.